The first-order valence-corrected chi connectivity index (χ1v) is 13.5. The number of hydroxylamine groups is 1. The molecule has 1 saturated heterocycles. The van der Waals surface area contributed by atoms with Gasteiger partial charge in [0.05, 0.1) is 6.61 Å². The van der Waals surface area contributed by atoms with Gasteiger partial charge in [0.15, 0.2) is 0 Å². The van der Waals surface area contributed by atoms with Crippen LogP contribution in [-0.2, 0) is 30.6 Å². The van der Waals surface area contributed by atoms with Crippen molar-refractivity contribution in [1.29, 1.82) is 0 Å². The van der Waals surface area contributed by atoms with Gasteiger partial charge in [0.25, 0.3) is 0 Å². The highest BCUT2D eigenvalue weighted by Crippen LogP contribution is 2.22. The van der Waals surface area contributed by atoms with Crippen LogP contribution in [0, 0.1) is 17.8 Å². The molecular formula is C28H44N4O6. The van der Waals surface area contributed by atoms with Crippen LogP contribution in [0.1, 0.15) is 72.3 Å². The molecule has 0 spiro atoms. The summed E-state index contributed by atoms with van der Waals surface area (Å²) in [4.78, 5) is 56.5. The zero-order valence-corrected chi connectivity index (χ0v) is 23.3. The van der Waals surface area contributed by atoms with E-state index in [1.54, 1.807) is 36.1 Å². The number of benzene rings is 1. The van der Waals surface area contributed by atoms with Crippen molar-refractivity contribution < 1.29 is 29.1 Å². The Balaban J connectivity index is 1.68. The standard InChI is InChI=1S/C28H44N4O6/c1-18(2)16-25(34)31-38-17-21-6-8-23(9-7-21)30-28(37)20(5)29-24(33)10-11-26(35)32-14-12-22(13-15-32)27(36)19(3)4/h6-9,18-20,22,25,31,34H,10-17H2,1-5H3,(H,29,33)(H,30,37)/t20-,25?/m0/s1. The number of Topliss-reactive ketones (excluding diaryl/α,β-unsaturated/α-hetero) is 1. The number of likely N-dealkylation sites (tertiary alicyclic amines) is 1. The number of nitrogens with one attached hydrogen (secondary N) is 3. The van der Waals surface area contributed by atoms with Gasteiger partial charge in [-0.25, -0.2) is 0 Å². The Bertz CT molecular complexity index is 926. The van der Waals surface area contributed by atoms with Gasteiger partial charge in [0.1, 0.15) is 18.1 Å². The molecule has 1 fully saturated rings. The molecule has 1 aromatic rings. The molecule has 4 N–H and O–H groups in total. The van der Waals surface area contributed by atoms with Gasteiger partial charge >= 0.3 is 0 Å². The van der Waals surface area contributed by atoms with Crippen molar-refractivity contribution >= 4 is 29.2 Å². The van der Waals surface area contributed by atoms with Gasteiger partial charge in [-0.15, -0.1) is 0 Å². The lowest BCUT2D eigenvalue weighted by molar-refractivity contribution is -0.137. The molecule has 3 amide bonds. The number of amides is 3. The van der Waals surface area contributed by atoms with Gasteiger partial charge in [0, 0.05) is 43.5 Å². The molecule has 212 valence electrons. The van der Waals surface area contributed by atoms with Crippen molar-refractivity contribution in [3.8, 4) is 0 Å². The molecule has 10 nitrogen and oxygen atoms in total. The number of rotatable bonds is 14. The van der Waals surface area contributed by atoms with Crippen LogP contribution in [0.15, 0.2) is 24.3 Å². The third kappa shape index (κ3) is 10.9. The number of aliphatic hydroxyl groups excluding tert-OH is 1. The number of anilines is 1. The minimum Gasteiger partial charge on any atom is -0.376 e. The Labute approximate surface area is 225 Å². The van der Waals surface area contributed by atoms with Crippen LogP contribution >= 0.6 is 0 Å². The van der Waals surface area contributed by atoms with Crippen molar-refractivity contribution in [3.05, 3.63) is 29.8 Å². The molecule has 1 aliphatic rings. The Morgan fingerprint density at radius 3 is 2.21 bits per heavy atom. The molecule has 0 aromatic heterocycles. The average Bonchev–Trinajstić information content (AvgIpc) is 2.87. The number of hydrogen-bond acceptors (Lipinski definition) is 7. The first kappa shape index (κ1) is 31.4. The third-order valence-electron chi connectivity index (χ3n) is 6.53. The van der Waals surface area contributed by atoms with Crippen LogP contribution in [0.25, 0.3) is 0 Å². The SMILES string of the molecule is CC(C)CC(O)NOCc1ccc(NC(=O)[C@H](C)NC(=O)CCC(=O)N2CCC(C(=O)C(C)C)CC2)cc1. The Morgan fingerprint density at radius 2 is 1.63 bits per heavy atom. The van der Waals surface area contributed by atoms with Crippen LogP contribution in [0.3, 0.4) is 0 Å². The molecule has 38 heavy (non-hydrogen) atoms. The van der Waals surface area contributed by atoms with Crippen LogP contribution < -0.4 is 16.1 Å². The van der Waals surface area contributed by atoms with Crippen molar-refractivity contribution in [2.24, 2.45) is 17.8 Å². The Kier molecular flexibility index (Phi) is 12.9. The summed E-state index contributed by atoms with van der Waals surface area (Å²) in [7, 11) is 0. The lowest BCUT2D eigenvalue weighted by atomic mass is 9.87. The topological polar surface area (TPSA) is 137 Å². The van der Waals surface area contributed by atoms with Crippen LogP contribution in [0.4, 0.5) is 5.69 Å². The van der Waals surface area contributed by atoms with Crippen molar-refractivity contribution in [1.82, 2.24) is 15.7 Å². The highest BCUT2D eigenvalue weighted by Gasteiger charge is 2.28. The maximum absolute atomic E-state index is 12.5. The van der Waals surface area contributed by atoms with Crippen molar-refractivity contribution in [3.63, 3.8) is 0 Å². The summed E-state index contributed by atoms with van der Waals surface area (Å²) in [5.41, 5.74) is 4.02. The number of carbonyl (C=O) groups excluding carboxylic acids is 4. The molecular weight excluding hydrogens is 488 g/mol. The molecule has 10 heteroatoms. The van der Waals surface area contributed by atoms with Crippen LogP contribution in [-0.4, -0.2) is 58.9 Å². The van der Waals surface area contributed by atoms with Crippen molar-refractivity contribution in [2.75, 3.05) is 18.4 Å². The van der Waals surface area contributed by atoms with E-state index in [4.69, 9.17) is 4.84 Å². The lowest BCUT2D eigenvalue weighted by Crippen LogP contribution is -2.43. The zero-order chi connectivity index (χ0) is 28.2. The van der Waals surface area contributed by atoms with E-state index >= 15 is 0 Å². The Hall–Kier alpha value is -2.82. The summed E-state index contributed by atoms with van der Waals surface area (Å²) < 4.78 is 0. The minimum atomic E-state index is -0.773. The molecule has 2 rings (SSSR count). The highest BCUT2D eigenvalue weighted by atomic mass is 16.7. The molecule has 1 heterocycles. The van der Waals surface area contributed by atoms with E-state index in [1.807, 2.05) is 27.7 Å². The molecule has 0 radical (unpaired) electrons. The first-order chi connectivity index (χ1) is 18.0. The maximum atomic E-state index is 12.5. The van der Waals surface area contributed by atoms with Gasteiger partial charge in [-0.1, -0.05) is 39.8 Å². The lowest BCUT2D eigenvalue weighted by Gasteiger charge is -2.32. The number of carbonyl (C=O) groups is 4. The second kappa shape index (κ2) is 15.6. The van der Waals surface area contributed by atoms with E-state index < -0.39 is 12.3 Å². The predicted molar refractivity (Wildman–Crippen MR) is 144 cm³/mol. The number of hydrogen-bond donors (Lipinski definition) is 4. The quantitative estimate of drug-likeness (QED) is 0.214. The normalized spacial score (nSPS) is 15.8. The second-order valence-corrected chi connectivity index (χ2v) is 10.7. The van der Waals surface area contributed by atoms with Gasteiger partial charge in [-0.2, -0.15) is 5.48 Å². The molecule has 0 bridgehead atoms. The summed E-state index contributed by atoms with van der Waals surface area (Å²) in [5, 5.41) is 15.2. The second-order valence-electron chi connectivity index (χ2n) is 10.7. The van der Waals surface area contributed by atoms with Gasteiger partial charge in [0.2, 0.25) is 17.7 Å². The highest BCUT2D eigenvalue weighted by molar-refractivity contribution is 5.97. The van der Waals surface area contributed by atoms with E-state index in [0.717, 1.165) is 5.56 Å². The molecule has 0 saturated carbocycles. The van der Waals surface area contributed by atoms with Gasteiger partial charge in [-0.05, 0) is 49.8 Å². The largest absolute Gasteiger partial charge is 0.376 e. The summed E-state index contributed by atoms with van der Waals surface area (Å²) in [6.45, 7) is 10.7. The molecule has 1 aromatic carbocycles. The van der Waals surface area contributed by atoms with Gasteiger partial charge < -0.3 is 20.6 Å². The van der Waals surface area contributed by atoms with Crippen LogP contribution in [0.2, 0.25) is 0 Å². The van der Waals surface area contributed by atoms with E-state index in [9.17, 15) is 24.3 Å². The summed E-state index contributed by atoms with van der Waals surface area (Å²) in [6.07, 6.45) is 1.24. The van der Waals surface area contributed by atoms with E-state index in [0.29, 0.717) is 44.0 Å². The summed E-state index contributed by atoms with van der Waals surface area (Å²) in [5.74, 6) is -0.246. The fraction of sp³-hybridized carbons (Fsp3) is 0.643. The predicted octanol–water partition coefficient (Wildman–Crippen LogP) is 2.76. The van der Waals surface area contributed by atoms with E-state index in [1.165, 1.54) is 0 Å². The van der Waals surface area contributed by atoms with Gasteiger partial charge in [-0.3, -0.25) is 24.0 Å². The fourth-order valence-electron chi connectivity index (χ4n) is 4.29. The molecule has 0 aliphatic carbocycles. The number of aliphatic hydroxyl groups is 1. The van der Waals surface area contributed by atoms with E-state index in [-0.39, 0.29) is 54.8 Å². The fourth-order valence-corrected chi connectivity index (χ4v) is 4.29. The van der Waals surface area contributed by atoms with Crippen molar-refractivity contribution in [2.45, 2.75) is 85.6 Å². The number of ketones is 1. The molecule has 2 atom stereocenters. The smallest absolute Gasteiger partial charge is 0.246 e. The maximum Gasteiger partial charge on any atom is 0.246 e. The first-order valence-electron chi connectivity index (χ1n) is 13.5. The average molecular weight is 533 g/mol. The zero-order valence-electron chi connectivity index (χ0n) is 23.3. The monoisotopic (exact) mass is 532 g/mol. The summed E-state index contributed by atoms with van der Waals surface area (Å²) in [6, 6.07) is 6.27. The molecule has 1 aliphatic heterocycles. The minimum absolute atomic E-state index is 0.00163. The number of piperidine rings is 1. The third-order valence-corrected chi connectivity index (χ3v) is 6.53. The molecule has 1 unspecified atom stereocenters. The Morgan fingerprint density at radius 1 is 1.00 bits per heavy atom. The number of nitrogens with zero attached hydrogens (tertiary/aromatic N) is 1. The summed E-state index contributed by atoms with van der Waals surface area (Å²) >= 11 is 0. The van der Waals surface area contributed by atoms with Crippen LogP contribution in [0.5, 0.6) is 0 Å². The van der Waals surface area contributed by atoms with E-state index in [2.05, 4.69) is 16.1 Å².